The van der Waals surface area contributed by atoms with Gasteiger partial charge in [0.1, 0.15) is 0 Å². The molecule has 154 valence electrons. The van der Waals surface area contributed by atoms with Crippen LogP contribution in [0.1, 0.15) is 110 Å². The number of hydrogen-bond donors (Lipinski definition) is 4. The first-order valence-electron chi connectivity index (χ1n) is 10.1. The lowest BCUT2D eigenvalue weighted by molar-refractivity contribution is -0.137. The Kier molecular flexibility index (Phi) is 32.8. The third-order valence-electron chi connectivity index (χ3n) is 4.09. The summed E-state index contributed by atoms with van der Waals surface area (Å²) in [5, 5.41) is 23.8. The molecule has 0 aliphatic carbocycles. The molecule has 6 N–H and O–H groups in total. The van der Waals surface area contributed by atoms with E-state index in [1.807, 2.05) is 0 Å². The van der Waals surface area contributed by atoms with Crippen molar-refractivity contribution in [2.45, 2.75) is 110 Å². The molecule has 0 amide bonds. The molecule has 0 aromatic carbocycles. The van der Waals surface area contributed by atoms with Crippen molar-refractivity contribution in [3.8, 4) is 0 Å². The third-order valence-corrected chi connectivity index (χ3v) is 4.09. The monoisotopic (exact) mass is 363 g/mol. The highest BCUT2D eigenvalue weighted by molar-refractivity contribution is 5.66. The van der Waals surface area contributed by atoms with E-state index in [9.17, 15) is 4.79 Å². The normalized spacial score (nSPS) is 9.88. The van der Waals surface area contributed by atoms with Crippen molar-refractivity contribution in [3.05, 3.63) is 0 Å². The Morgan fingerprint density at radius 1 is 0.600 bits per heavy atom. The largest absolute Gasteiger partial charge is 0.481 e. The number of aliphatic carboxylic acids is 1. The summed E-state index contributed by atoms with van der Waals surface area (Å²) in [6.07, 6.45) is 20.2. The number of carboxylic acid groups (broad SMARTS) is 1. The Hall–Kier alpha value is -0.650. The summed E-state index contributed by atoms with van der Waals surface area (Å²) in [7, 11) is 0. The highest BCUT2D eigenvalue weighted by atomic mass is 16.4. The highest BCUT2D eigenvalue weighted by Crippen LogP contribution is 2.13. The maximum absolute atomic E-state index is 10.3. The van der Waals surface area contributed by atoms with Crippen LogP contribution in [0.4, 0.5) is 0 Å². The quantitative estimate of drug-likeness (QED) is 0.256. The fraction of sp³-hybridized carbons (Fsp3) is 0.950. The van der Waals surface area contributed by atoms with Crippen molar-refractivity contribution < 1.29 is 20.1 Å². The maximum atomic E-state index is 10.3. The molecular formula is C20H45NO4. The number of carboxylic acids is 1. The molecule has 0 heterocycles. The van der Waals surface area contributed by atoms with Crippen LogP contribution in [0.3, 0.4) is 0 Å². The summed E-state index contributed by atoms with van der Waals surface area (Å²) in [6, 6.07) is 0. The summed E-state index contributed by atoms with van der Waals surface area (Å²) in [4.78, 5) is 10.3. The van der Waals surface area contributed by atoms with Crippen LogP contribution in [0, 0.1) is 0 Å². The molecule has 0 saturated carbocycles. The lowest BCUT2D eigenvalue weighted by Gasteiger charge is -2.03. The first-order chi connectivity index (χ1) is 11.7. The number of carbonyl (C=O) groups is 1. The van der Waals surface area contributed by atoms with Gasteiger partial charge in [-0.05, 0) is 6.42 Å². The Morgan fingerprint density at radius 2 is 0.880 bits per heavy atom. The smallest absolute Gasteiger partial charge is 0.303 e. The molecular weight excluding hydrogens is 318 g/mol. The van der Waals surface area contributed by atoms with Gasteiger partial charge in [-0.2, -0.15) is 0 Å². The molecule has 0 atom stereocenters. The van der Waals surface area contributed by atoms with Crippen molar-refractivity contribution in [2.75, 3.05) is 13.2 Å². The molecule has 0 unspecified atom stereocenters. The summed E-state index contributed by atoms with van der Waals surface area (Å²) < 4.78 is 0. The second-order valence-corrected chi connectivity index (χ2v) is 6.54. The fourth-order valence-electron chi connectivity index (χ4n) is 2.65. The van der Waals surface area contributed by atoms with Crippen LogP contribution >= 0.6 is 0 Å². The van der Waals surface area contributed by atoms with Gasteiger partial charge in [0.25, 0.3) is 0 Å². The molecule has 0 saturated heterocycles. The third kappa shape index (κ3) is 35.4. The molecule has 0 radical (unpaired) electrons. The van der Waals surface area contributed by atoms with E-state index < -0.39 is 5.97 Å². The van der Waals surface area contributed by atoms with Crippen molar-refractivity contribution in [2.24, 2.45) is 0 Å². The Labute approximate surface area is 155 Å². The van der Waals surface area contributed by atoms with E-state index in [2.05, 4.69) is 6.92 Å². The molecule has 5 nitrogen and oxygen atoms in total. The van der Waals surface area contributed by atoms with Crippen molar-refractivity contribution in [3.63, 3.8) is 0 Å². The predicted molar refractivity (Wildman–Crippen MR) is 106 cm³/mol. The van der Waals surface area contributed by atoms with Crippen molar-refractivity contribution in [1.82, 2.24) is 6.15 Å². The van der Waals surface area contributed by atoms with E-state index in [1.54, 1.807) is 0 Å². The Bertz CT molecular complexity index is 236. The lowest BCUT2D eigenvalue weighted by Crippen LogP contribution is -1.93. The molecule has 0 fully saturated rings. The molecule has 5 heteroatoms. The van der Waals surface area contributed by atoms with Gasteiger partial charge < -0.3 is 21.5 Å². The standard InChI is InChI=1S/C18H36O2.C2H6O2.H3N/c1-2-3-4-5-6-7-8-9-10-11-12-13-14-15-16-17-18(19)20;3-1-2-4;/h2-17H2,1H3,(H,19,20);3-4H,1-2H2;1H3. The van der Waals surface area contributed by atoms with Gasteiger partial charge in [0.2, 0.25) is 0 Å². The number of aliphatic hydroxyl groups is 2. The van der Waals surface area contributed by atoms with E-state index in [0.29, 0.717) is 6.42 Å². The van der Waals surface area contributed by atoms with E-state index in [1.165, 1.54) is 83.5 Å². The first-order valence-corrected chi connectivity index (χ1v) is 10.1. The van der Waals surface area contributed by atoms with Crippen LogP contribution in [0.15, 0.2) is 0 Å². The van der Waals surface area contributed by atoms with Crippen LogP contribution in [0.2, 0.25) is 0 Å². The minimum Gasteiger partial charge on any atom is -0.481 e. The maximum Gasteiger partial charge on any atom is 0.303 e. The minimum atomic E-state index is -0.653. The van der Waals surface area contributed by atoms with Gasteiger partial charge in [-0.15, -0.1) is 0 Å². The summed E-state index contributed by atoms with van der Waals surface area (Å²) in [6.45, 7) is 2.02. The molecule has 0 aliphatic heterocycles. The van der Waals surface area contributed by atoms with Gasteiger partial charge in [-0.1, -0.05) is 96.8 Å². The zero-order chi connectivity index (χ0) is 18.3. The van der Waals surface area contributed by atoms with Gasteiger partial charge in [0.15, 0.2) is 0 Å². The Morgan fingerprint density at radius 3 is 1.12 bits per heavy atom. The number of rotatable bonds is 17. The molecule has 0 aliphatic rings. The zero-order valence-electron chi connectivity index (χ0n) is 16.7. The second kappa shape index (κ2) is 28.2. The van der Waals surface area contributed by atoms with Gasteiger partial charge in [0, 0.05) is 6.42 Å². The van der Waals surface area contributed by atoms with E-state index in [0.717, 1.165) is 12.8 Å². The number of hydrogen-bond acceptors (Lipinski definition) is 4. The van der Waals surface area contributed by atoms with Gasteiger partial charge >= 0.3 is 5.97 Å². The van der Waals surface area contributed by atoms with Crippen LogP contribution in [0.5, 0.6) is 0 Å². The molecule has 0 aromatic rings. The summed E-state index contributed by atoms with van der Waals surface area (Å²) in [5.41, 5.74) is 0. The van der Waals surface area contributed by atoms with E-state index in [4.69, 9.17) is 15.3 Å². The minimum absolute atomic E-state index is 0. The average molecular weight is 364 g/mol. The molecule has 0 rings (SSSR count). The lowest BCUT2D eigenvalue weighted by atomic mass is 10.0. The molecule has 0 bridgehead atoms. The van der Waals surface area contributed by atoms with E-state index in [-0.39, 0.29) is 19.4 Å². The van der Waals surface area contributed by atoms with Crippen LogP contribution < -0.4 is 6.15 Å². The fourth-order valence-corrected chi connectivity index (χ4v) is 2.65. The van der Waals surface area contributed by atoms with Gasteiger partial charge in [-0.3, -0.25) is 4.79 Å². The molecule has 0 aromatic heterocycles. The van der Waals surface area contributed by atoms with Crippen LogP contribution in [0.25, 0.3) is 0 Å². The molecule has 0 spiro atoms. The second-order valence-electron chi connectivity index (χ2n) is 6.54. The summed E-state index contributed by atoms with van der Waals surface area (Å²) >= 11 is 0. The van der Waals surface area contributed by atoms with E-state index >= 15 is 0 Å². The van der Waals surface area contributed by atoms with Gasteiger partial charge in [0.05, 0.1) is 13.2 Å². The number of unbranched alkanes of at least 4 members (excludes halogenated alkanes) is 14. The summed E-state index contributed by atoms with van der Waals surface area (Å²) in [5.74, 6) is -0.653. The SMILES string of the molecule is CCCCCCCCCCCCCCCCCC(=O)O.N.OCCO. The molecule has 25 heavy (non-hydrogen) atoms. The van der Waals surface area contributed by atoms with Crippen molar-refractivity contribution >= 4 is 5.97 Å². The average Bonchev–Trinajstić information content (AvgIpc) is 2.58. The number of aliphatic hydroxyl groups excluding tert-OH is 2. The predicted octanol–water partition coefficient (Wildman–Crippen LogP) is 5.47. The van der Waals surface area contributed by atoms with Crippen LogP contribution in [-0.2, 0) is 4.79 Å². The Balaban J connectivity index is -0.000000867. The zero-order valence-corrected chi connectivity index (χ0v) is 16.7. The topological polar surface area (TPSA) is 113 Å². The van der Waals surface area contributed by atoms with Gasteiger partial charge in [-0.25, -0.2) is 0 Å². The first kappa shape index (κ1) is 29.1. The van der Waals surface area contributed by atoms with Crippen LogP contribution in [-0.4, -0.2) is 34.5 Å². The highest BCUT2D eigenvalue weighted by Gasteiger charge is 1.97. The van der Waals surface area contributed by atoms with Crippen molar-refractivity contribution in [1.29, 1.82) is 0 Å².